The van der Waals surface area contributed by atoms with Crippen LogP contribution in [-0.2, 0) is 20.2 Å². The van der Waals surface area contributed by atoms with Crippen LogP contribution in [0.15, 0.2) is 35.2 Å². The Labute approximate surface area is 199 Å². The molecule has 5 rings (SSSR count). The Bertz CT molecular complexity index is 1270. The first kappa shape index (κ1) is 23.3. The Morgan fingerprint density at radius 1 is 1.09 bits per heavy atom. The van der Waals surface area contributed by atoms with E-state index in [2.05, 4.69) is 10.0 Å². The molecule has 2 N–H and O–H groups in total. The molecule has 2 aliphatic carbocycles. The van der Waals surface area contributed by atoms with Crippen molar-refractivity contribution in [1.82, 2.24) is 0 Å². The van der Waals surface area contributed by atoms with E-state index < -0.39 is 38.2 Å². The maximum atomic E-state index is 14.3. The quantitative estimate of drug-likeness (QED) is 0.543. The van der Waals surface area contributed by atoms with Crippen molar-refractivity contribution in [1.29, 1.82) is 0 Å². The van der Waals surface area contributed by atoms with Gasteiger partial charge in [0.05, 0.1) is 22.9 Å². The van der Waals surface area contributed by atoms with E-state index in [0.717, 1.165) is 18.6 Å². The molecule has 1 aliphatic heterocycles. The molecule has 0 bridgehead atoms. The van der Waals surface area contributed by atoms with E-state index in [9.17, 15) is 26.4 Å². The Hall–Kier alpha value is -2.46. The number of hydrogen-bond donors (Lipinski definition) is 2. The van der Waals surface area contributed by atoms with Crippen LogP contribution in [0.25, 0.3) is 0 Å². The van der Waals surface area contributed by atoms with Crippen LogP contribution in [0, 0.1) is 5.82 Å². The van der Waals surface area contributed by atoms with Crippen LogP contribution < -0.4 is 14.8 Å². The number of ether oxygens (including phenoxy) is 1. The highest BCUT2D eigenvalue weighted by molar-refractivity contribution is 7.92. The molecule has 0 saturated heterocycles. The lowest BCUT2D eigenvalue weighted by atomic mass is 9.65. The summed E-state index contributed by atoms with van der Waals surface area (Å²) in [4.78, 5) is 12.2. The first-order chi connectivity index (χ1) is 16.0. The van der Waals surface area contributed by atoms with E-state index in [0.29, 0.717) is 24.1 Å². The van der Waals surface area contributed by atoms with Crippen molar-refractivity contribution < 1.29 is 31.1 Å². The Balaban J connectivity index is 1.51. The van der Waals surface area contributed by atoms with Gasteiger partial charge in [0, 0.05) is 23.9 Å². The number of benzene rings is 2. The lowest BCUT2D eigenvalue weighted by Gasteiger charge is -2.36. The molecule has 0 aromatic heterocycles. The molecule has 1 amide bonds. The first-order valence-electron chi connectivity index (χ1n) is 11.0. The molecule has 1 heterocycles. The van der Waals surface area contributed by atoms with Gasteiger partial charge in [-0.1, -0.05) is 18.0 Å². The molecule has 6 nitrogen and oxygen atoms in total. The van der Waals surface area contributed by atoms with Gasteiger partial charge in [-0.15, -0.1) is 0 Å². The highest BCUT2D eigenvalue weighted by atomic mass is 35.5. The van der Waals surface area contributed by atoms with E-state index in [4.69, 9.17) is 16.3 Å². The largest absolute Gasteiger partial charge is 0.488 e. The van der Waals surface area contributed by atoms with E-state index >= 15 is 0 Å². The topological polar surface area (TPSA) is 84.5 Å². The van der Waals surface area contributed by atoms with Crippen LogP contribution >= 0.6 is 11.6 Å². The summed E-state index contributed by atoms with van der Waals surface area (Å²) in [6.45, 7) is 0. The number of sulfonamides is 1. The highest BCUT2D eigenvalue weighted by Gasteiger charge is 2.52. The number of halogens is 4. The van der Waals surface area contributed by atoms with E-state index in [1.54, 1.807) is 6.07 Å². The fourth-order valence-corrected chi connectivity index (χ4v) is 6.13. The summed E-state index contributed by atoms with van der Waals surface area (Å²) < 4.78 is 75.7. The highest BCUT2D eigenvalue weighted by Crippen LogP contribution is 2.55. The second kappa shape index (κ2) is 8.05. The zero-order valence-electron chi connectivity index (χ0n) is 18.0. The molecule has 0 atom stereocenters. The van der Waals surface area contributed by atoms with Crippen LogP contribution in [-0.4, -0.2) is 26.4 Å². The fourth-order valence-electron chi connectivity index (χ4n) is 4.87. The number of nitrogens with one attached hydrogen (secondary N) is 2. The minimum absolute atomic E-state index is 0.0549. The first-order valence-corrected chi connectivity index (χ1v) is 12.9. The molecule has 182 valence electrons. The lowest BCUT2D eigenvalue weighted by Crippen LogP contribution is -2.40. The molecule has 34 heavy (non-hydrogen) atoms. The standard InChI is InChI=1S/C23H22ClF3N2O4S/c24-13-2-3-19(17(25)10-13)34(31,32)29-14-11-16-20(28-21(30)22(16)6-1-7-22)18(12-14)33-15-4-8-23(26,27)9-5-15/h2-3,10-12,15,29H,1,4-9H2,(H,28,30). The van der Waals surface area contributed by atoms with Gasteiger partial charge in [-0.3, -0.25) is 9.52 Å². The van der Waals surface area contributed by atoms with Crippen molar-refractivity contribution in [3.05, 3.63) is 46.7 Å². The number of alkyl halides is 2. The molecule has 2 aromatic rings. The minimum atomic E-state index is -4.33. The summed E-state index contributed by atoms with van der Waals surface area (Å²) >= 11 is 5.73. The van der Waals surface area contributed by atoms with Crippen LogP contribution in [0.1, 0.15) is 50.5 Å². The Morgan fingerprint density at radius 3 is 2.41 bits per heavy atom. The summed E-state index contributed by atoms with van der Waals surface area (Å²) in [7, 11) is -4.33. The molecular weight excluding hydrogens is 493 g/mol. The number of carbonyl (C=O) groups is 1. The molecule has 2 aromatic carbocycles. The number of amides is 1. The van der Waals surface area contributed by atoms with Gasteiger partial charge in [0.15, 0.2) is 0 Å². The maximum Gasteiger partial charge on any atom is 0.264 e. The van der Waals surface area contributed by atoms with Gasteiger partial charge >= 0.3 is 0 Å². The maximum absolute atomic E-state index is 14.3. The van der Waals surface area contributed by atoms with E-state index in [-0.39, 0.29) is 48.0 Å². The van der Waals surface area contributed by atoms with Crippen molar-refractivity contribution in [3.63, 3.8) is 0 Å². The summed E-state index contributed by atoms with van der Waals surface area (Å²) in [6, 6.07) is 6.18. The van der Waals surface area contributed by atoms with Crippen LogP contribution in [0.3, 0.4) is 0 Å². The summed E-state index contributed by atoms with van der Waals surface area (Å²) in [5, 5.41) is 2.89. The van der Waals surface area contributed by atoms with Crippen molar-refractivity contribution in [2.75, 3.05) is 10.0 Å². The Morgan fingerprint density at radius 2 is 1.79 bits per heavy atom. The third kappa shape index (κ3) is 4.00. The molecule has 2 saturated carbocycles. The van der Waals surface area contributed by atoms with Crippen LogP contribution in [0.4, 0.5) is 24.5 Å². The van der Waals surface area contributed by atoms with Crippen molar-refractivity contribution in [2.45, 2.75) is 67.3 Å². The van der Waals surface area contributed by atoms with Crippen molar-refractivity contribution >= 4 is 38.9 Å². The SMILES string of the molecule is O=C1Nc2c(OC3CCC(F)(F)CC3)cc(NS(=O)(=O)c3ccc(Cl)cc3F)cc2C12CCC2. The minimum Gasteiger partial charge on any atom is -0.488 e. The number of hydrogen-bond acceptors (Lipinski definition) is 4. The van der Waals surface area contributed by atoms with Gasteiger partial charge in [0.25, 0.3) is 10.0 Å². The smallest absolute Gasteiger partial charge is 0.264 e. The van der Waals surface area contributed by atoms with Gasteiger partial charge in [0.2, 0.25) is 11.8 Å². The fraction of sp³-hybridized carbons (Fsp3) is 0.435. The normalized spacial score (nSPS) is 21.0. The predicted octanol–water partition coefficient (Wildman–Crippen LogP) is 5.61. The number of carbonyl (C=O) groups excluding carboxylic acids is 1. The second-order valence-corrected chi connectivity index (χ2v) is 11.2. The second-order valence-electron chi connectivity index (χ2n) is 9.14. The van der Waals surface area contributed by atoms with E-state index in [1.165, 1.54) is 12.1 Å². The monoisotopic (exact) mass is 514 g/mol. The van der Waals surface area contributed by atoms with Crippen molar-refractivity contribution in [3.8, 4) is 5.75 Å². The molecule has 0 radical (unpaired) electrons. The van der Waals surface area contributed by atoms with Crippen molar-refractivity contribution in [2.24, 2.45) is 0 Å². The van der Waals surface area contributed by atoms with Crippen LogP contribution in [0.2, 0.25) is 5.02 Å². The molecule has 0 unspecified atom stereocenters. The number of fused-ring (bicyclic) bond motifs is 2. The third-order valence-electron chi connectivity index (χ3n) is 6.89. The van der Waals surface area contributed by atoms with Gasteiger partial charge in [-0.25, -0.2) is 21.6 Å². The molecule has 11 heteroatoms. The average Bonchev–Trinajstić information content (AvgIpc) is 3.01. The number of anilines is 2. The molecule has 2 fully saturated rings. The van der Waals surface area contributed by atoms with Crippen LogP contribution in [0.5, 0.6) is 5.75 Å². The summed E-state index contributed by atoms with van der Waals surface area (Å²) in [5.41, 5.74) is 0.339. The zero-order chi connectivity index (χ0) is 24.3. The van der Waals surface area contributed by atoms with Gasteiger partial charge < -0.3 is 10.1 Å². The third-order valence-corrected chi connectivity index (χ3v) is 8.54. The predicted molar refractivity (Wildman–Crippen MR) is 121 cm³/mol. The zero-order valence-corrected chi connectivity index (χ0v) is 19.5. The van der Waals surface area contributed by atoms with Gasteiger partial charge in [0.1, 0.15) is 16.5 Å². The lowest BCUT2D eigenvalue weighted by molar-refractivity contribution is -0.123. The summed E-state index contributed by atoms with van der Waals surface area (Å²) in [6.07, 6.45) is 1.19. The van der Waals surface area contributed by atoms with E-state index in [1.807, 2.05) is 0 Å². The molecule has 3 aliphatic rings. The Kier molecular flexibility index (Phi) is 5.51. The molecule has 1 spiro atoms. The van der Waals surface area contributed by atoms with Gasteiger partial charge in [-0.2, -0.15) is 0 Å². The molecular formula is C23H22ClF3N2O4S. The number of rotatable bonds is 5. The average molecular weight is 515 g/mol. The summed E-state index contributed by atoms with van der Waals surface area (Å²) in [5.74, 6) is -3.73. The van der Waals surface area contributed by atoms with Gasteiger partial charge in [-0.05, 0) is 55.5 Å².